The molecule has 4 rings (SSSR count). The van der Waals surface area contributed by atoms with Gasteiger partial charge in [-0.2, -0.15) is 5.26 Å². The Bertz CT molecular complexity index is 1300. The lowest BCUT2D eigenvalue weighted by Crippen LogP contribution is -2.39. The molecule has 176 valence electrons. The van der Waals surface area contributed by atoms with Gasteiger partial charge >= 0.3 is 0 Å². The van der Waals surface area contributed by atoms with Gasteiger partial charge in [-0.3, -0.25) is 9.59 Å². The van der Waals surface area contributed by atoms with Crippen molar-refractivity contribution in [3.8, 4) is 6.07 Å². The fourth-order valence-electron chi connectivity index (χ4n) is 3.69. The van der Waals surface area contributed by atoms with Gasteiger partial charge in [0.05, 0.1) is 28.3 Å². The molecule has 2 amide bonds. The zero-order valence-electron chi connectivity index (χ0n) is 18.3. The van der Waals surface area contributed by atoms with E-state index in [1.54, 1.807) is 35.8 Å². The van der Waals surface area contributed by atoms with Crippen molar-refractivity contribution in [1.29, 1.82) is 5.26 Å². The lowest BCUT2D eigenvalue weighted by Gasteiger charge is -2.34. The number of thioether (sulfide) groups is 1. The van der Waals surface area contributed by atoms with E-state index in [0.717, 1.165) is 5.56 Å². The highest BCUT2D eigenvalue weighted by atomic mass is 35.5. The molecular weight excluding hydrogens is 502 g/mol. The number of hydrogen-bond donors (Lipinski definition) is 3. The predicted octanol–water partition coefficient (Wildman–Crippen LogP) is 5.36. The van der Waals surface area contributed by atoms with Crippen LogP contribution in [0, 0.1) is 17.2 Å². The predicted molar refractivity (Wildman–Crippen MR) is 141 cm³/mol. The van der Waals surface area contributed by atoms with Crippen LogP contribution in [0.2, 0.25) is 5.02 Å². The first kappa shape index (κ1) is 24.5. The van der Waals surface area contributed by atoms with Crippen LogP contribution in [0.5, 0.6) is 0 Å². The van der Waals surface area contributed by atoms with E-state index in [1.807, 2.05) is 30.3 Å². The number of rotatable bonds is 7. The van der Waals surface area contributed by atoms with Crippen LogP contribution in [0.25, 0.3) is 0 Å². The molecule has 0 aliphatic carbocycles. The molecule has 1 aromatic heterocycles. The van der Waals surface area contributed by atoms with Crippen molar-refractivity contribution in [3.63, 3.8) is 0 Å². The third-order valence-corrected chi connectivity index (χ3v) is 7.20. The highest BCUT2D eigenvalue weighted by Crippen LogP contribution is 2.43. The number of allylic oxidation sites excluding steroid dienone is 1. The summed E-state index contributed by atoms with van der Waals surface area (Å²) in [4.78, 5) is 29.8. The normalized spacial score (nSPS) is 17.3. The zero-order chi connectivity index (χ0) is 24.8. The van der Waals surface area contributed by atoms with Gasteiger partial charge < -0.3 is 16.0 Å². The fourth-order valence-corrected chi connectivity index (χ4v) is 5.24. The summed E-state index contributed by atoms with van der Waals surface area (Å²) in [5.74, 6) is -1.83. The minimum atomic E-state index is -0.753. The molecule has 0 spiro atoms. The second kappa shape index (κ2) is 11.2. The van der Waals surface area contributed by atoms with E-state index < -0.39 is 11.8 Å². The van der Waals surface area contributed by atoms with Crippen molar-refractivity contribution < 1.29 is 9.59 Å². The second-order valence-electron chi connectivity index (χ2n) is 7.54. The minimum absolute atomic E-state index is 0.0590. The maximum atomic E-state index is 13.4. The van der Waals surface area contributed by atoms with E-state index in [1.165, 1.54) is 23.1 Å². The standard InChI is InChI=1S/C25H20ClN5O2S2/c1-15-21(23(33)30-18-9-7-17(26)8-10-18)22(16-5-3-2-4-6-16)19(13-27)24(29-15)35-14-20(32)31-25-28-11-12-34-25/h2-12,21-22,29H,1,14H2,(H,30,33)(H,28,31,32). The Morgan fingerprint density at radius 3 is 2.57 bits per heavy atom. The average Bonchev–Trinajstić information content (AvgIpc) is 3.37. The molecule has 1 aliphatic heterocycles. The Kier molecular flexibility index (Phi) is 7.87. The third kappa shape index (κ3) is 5.92. The summed E-state index contributed by atoms with van der Waals surface area (Å²) in [6, 6.07) is 18.4. The molecule has 2 unspecified atom stereocenters. The summed E-state index contributed by atoms with van der Waals surface area (Å²) >= 11 is 8.46. The maximum absolute atomic E-state index is 13.4. The van der Waals surface area contributed by atoms with Gasteiger partial charge in [0.15, 0.2) is 5.13 Å². The molecular formula is C25H20ClN5O2S2. The van der Waals surface area contributed by atoms with Crippen molar-refractivity contribution >= 4 is 57.3 Å². The van der Waals surface area contributed by atoms with Gasteiger partial charge in [0.25, 0.3) is 0 Å². The van der Waals surface area contributed by atoms with Crippen molar-refractivity contribution in [3.05, 3.63) is 99.6 Å². The Balaban J connectivity index is 1.62. The number of nitrogens with one attached hydrogen (secondary N) is 3. The molecule has 0 fully saturated rings. The number of halogens is 1. The first-order chi connectivity index (χ1) is 17.0. The van der Waals surface area contributed by atoms with Gasteiger partial charge in [0.2, 0.25) is 11.8 Å². The topological polar surface area (TPSA) is 107 Å². The van der Waals surface area contributed by atoms with Gasteiger partial charge in [0, 0.05) is 33.9 Å². The number of carbonyl (C=O) groups is 2. The van der Waals surface area contributed by atoms with Crippen molar-refractivity contribution in [2.75, 3.05) is 16.4 Å². The number of nitrogens with zero attached hydrogens (tertiary/aromatic N) is 2. The van der Waals surface area contributed by atoms with Crippen LogP contribution in [-0.2, 0) is 9.59 Å². The molecule has 3 N–H and O–H groups in total. The Morgan fingerprint density at radius 2 is 1.91 bits per heavy atom. The van der Waals surface area contributed by atoms with E-state index in [2.05, 4.69) is 33.6 Å². The molecule has 35 heavy (non-hydrogen) atoms. The van der Waals surface area contributed by atoms with Gasteiger partial charge in [0.1, 0.15) is 0 Å². The quantitative estimate of drug-likeness (QED) is 0.386. The molecule has 0 saturated carbocycles. The minimum Gasteiger partial charge on any atom is -0.353 e. The molecule has 0 bridgehead atoms. The molecule has 0 saturated heterocycles. The Labute approximate surface area is 215 Å². The smallest absolute Gasteiger partial charge is 0.236 e. The molecule has 7 nitrogen and oxygen atoms in total. The van der Waals surface area contributed by atoms with E-state index in [4.69, 9.17) is 11.6 Å². The van der Waals surface area contributed by atoms with Crippen LogP contribution in [0.1, 0.15) is 11.5 Å². The van der Waals surface area contributed by atoms with E-state index >= 15 is 0 Å². The monoisotopic (exact) mass is 521 g/mol. The van der Waals surface area contributed by atoms with Crippen LogP contribution in [0.4, 0.5) is 10.8 Å². The number of thiazole rings is 1. The zero-order valence-corrected chi connectivity index (χ0v) is 20.7. The van der Waals surface area contributed by atoms with Crippen LogP contribution in [0.15, 0.2) is 89.1 Å². The van der Waals surface area contributed by atoms with Crippen molar-refractivity contribution in [2.24, 2.45) is 5.92 Å². The number of carbonyl (C=O) groups excluding carboxylic acids is 2. The largest absolute Gasteiger partial charge is 0.353 e. The number of amides is 2. The number of nitriles is 1. The molecule has 0 radical (unpaired) electrons. The molecule has 2 heterocycles. The van der Waals surface area contributed by atoms with Crippen LogP contribution < -0.4 is 16.0 Å². The Hall–Kier alpha value is -3.58. The van der Waals surface area contributed by atoms with Gasteiger partial charge in [-0.25, -0.2) is 4.98 Å². The SMILES string of the molecule is C=C1NC(SCC(=O)Nc2nccs2)=C(C#N)C(c2ccccc2)C1C(=O)Nc1ccc(Cl)cc1. The maximum Gasteiger partial charge on any atom is 0.236 e. The molecule has 2 aromatic carbocycles. The first-order valence-electron chi connectivity index (χ1n) is 10.5. The van der Waals surface area contributed by atoms with Crippen LogP contribution >= 0.6 is 34.7 Å². The summed E-state index contributed by atoms with van der Waals surface area (Å²) in [6.07, 6.45) is 1.61. The summed E-state index contributed by atoms with van der Waals surface area (Å²) < 4.78 is 0. The lowest BCUT2D eigenvalue weighted by molar-refractivity contribution is -0.119. The third-order valence-electron chi connectivity index (χ3n) is 5.24. The van der Waals surface area contributed by atoms with Crippen LogP contribution in [0.3, 0.4) is 0 Å². The van der Waals surface area contributed by atoms with Gasteiger partial charge in [-0.1, -0.05) is 60.3 Å². The van der Waals surface area contributed by atoms with E-state index in [-0.39, 0.29) is 17.6 Å². The molecule has 3 aromatic rings. The second-order valence-corrected chi connectivity index (χ2v) is 9.86. The Morgan fingerprint density at radius 1 is 1.17 bits per heavy atom. The fraction of sp³-hybridized carbons (Fsp3) is 0.120. The lowest BCUT2D eigenvalue weighted by atomic mass is 9.77. The van der Waals surface area contributed by atoms with Crippen molar-refractivity contribution in [1.82, 2.24) is 10.3 Å². The number of aromatic nitrogens is 1. The summed E-state index contributed by atoms with van der Waals surface area (Å²) in [5, 5.41) is 22.2. The number of anilines is 2. The van der Waals surface area contributed by atoms with Gasteiger partial charge in [-0.05, 0) is 29.8 Å². The summed E-state index contributed by atoms with van der Waals surface area (Å²) in [7, 11) is 0. The highest BCUT2D eigenvalue weighted by Gasteiger charge is 2.40. The van der Waals surface area contributed by atoms with E-state index in [9.17, 15) is 14.9 Å². The molecule has 2 atom stereocenters. The van der Waals surface area contributed by atoms with Gasteiger partial charge in [-0.15, -0.1) is 11.3 Å². The number of benzene rings is 2. The summed E-state index contributed by atoms with van der Waals surface area (Å²) in [5.41, 5.74) is 2.19. The van der Waals surface area contributed by atoms with E-state index in [0.29, 0.717) is 32.1 Å². The highest BCUT2D eigenvalue weighted by molar-refractivity contribution is 8.03. The van der Waals surface area contributed by atoms with Crippen molar-refractivity contribution in [2.45, 2.75) is 5.92 Å². The molecule has 1 aliphatic rings. The molecule has 10 heteroatoms. The van der Waals surface area contributed by atoms with Crippen LogP contribution in [-0.4, -0.2) is 22.6 Å². The first-order valence-corrected chi connectivity index (χ1v) is 12.7. The average molecular weight is 522 g/mol. The summed E-state index contributed by atoms with van der Waals surface area (Å²) in [6.45, 7) is 4.10. The number of hydrogen-bond acceptors (Lipinski definition) is 7.